The van der Waals surface area contributed by atoms with Gasteiger partial charge in [-0.2, -0.15) is 0 Å². The molecule has 41 heavy (non-hydrogen) atoms. The second-order valence-corrected chi connectivity index (χ2v) is 10.1. The van der Waals surface area contributed by atoms with Crippen LogP contribution in [0.2, 0.25) is 5.02 Å². The normalized spacial score (nSPS) is 16.0. The minimum atomic E-state index is -4.84. The average molecular weight is 639 g/mol. The first-order valence-electron chi connectivity index (χ1n) is 12.5. The maximum Gasteiger partial charge on any atom is 0.573 e. The number of nitrogens with zero attached hydrogens (tertiary/aromatic N) is 5. The number of pyridine rings is 1. The fourth-order valence-corrected chi connectivity index (χ4v) is 5.51. The Morgan fingerprint density at radius 2 is 1.71 bits per heavy atom. The molecule has 224 valence electrons. The van der Waals surface area contributed by atoms with E-state index in [1.807, 2.05) is 31.4 Å². The molecule has 0 radical (unpaired) electrons. The first-order chi connectivity index (χ1) is 18.6. The van der Waals surface area contributed by atoms with E-state index in [0.29, 0.717) is 57.8 Å². The van der Waals surface area contributed by atoms with Gasteiger partial charge in [-0.05, 0) is 41.8 Å². The van der Waals surface area contributed by atoms with Gasteiger partial charge in [-0.25, -0.2) is 4.98 Å². The third-order valence-electron chi connectivity index (χ3n) is 7.11. The van der Waals surface area contributed by atoms with E-state index in [9.17, 15) is 22.8 Å². The van der Waals surface area contributed by atoms with Crippen molar-refractivity contribution in [2.45, 2.75) is 25.9 Å². The molecule has 5 rings (SSSR count). The number of fused-ring (bicyclic) bond motifs is 3. The van der Waals surface area contributed by atoms with Crippen molar-refractivity contribution in [2.24, 2.45) is 0 Å². The molecule has 0 atom stereocenters. The predicted octanol–water partition coefficient (Wildman–Crippen LogP) is 4.07. The van der Waals surface area contributed by atoms with E-state index in [2.05, 4.69) is 9.72 Å². The smallest absolute Gasteiger partial charge is 0.480 e. The molecule has 0 aliphatic carbocycles. The molecular weight excluding hydrogens is 610 g/mol. The van der Waals surface area contributed by atoms with Gasteiger partial charge in [-0.1, -0.05) is 17.7 Å². The number of aliphatic carboxylic acids is 1. The van der Waals surface area contributed by atoms with Gasteiger partial charge < -0.3 is 19.3 Å². The fraction of sp³-hybridized carbons (Fsp3) is 0.423. The van der Waals surface area contributed by atoms with Crippen LogP contribution in [0.25, 0.3) is 11.0 Å². The third kappa shape index (κ3) is 7.75. The standard InChI is InChI=1S/C26H27ClF3N5O4.2ClH/c27-20-12-17(3-4-22(20)39-26(28,29)30)13-35-21-14-34(7-5-18(21)19-2-1-6-31-25(19)35)23(36)15-32-8-10-33(11-9-32)16-24(37)38;;/h1-4,6,12H,5,7-11,13-16H2,(H,37,38);2*1H. The first kappa shape index (κ1) is 32.7. The van der Waals surface area contributed by atoms with Crippen molar-refractivity contribution in [1.29, 1.82) is 0 Å². The summed E-state index contributed by atoms with van der Waals surface area (Å²) in [6.45, 7) is 3.94. The van der Waals surface area contributed by atoms with Gasteiger partial charge >= 0.3 is 12.3 Å². The van der Waals surface area contributed by atoms with Crippen LogP contribution in [0.5, 0.6) is 5.75 Å². The van der Waals surface area contributed by atoms with Gasteiger partial charge in [0.25, 0.3) is 0 Å². The zero-order valence-electron chi connectivity index (χ0n) is 21.8. The number of ether oxygens (including phenoxy) is 1. The number of amides is 1. The molecule has 4 heterocycles. The van der Waals surface area contributed by atoms with Crippen LogP contribution in [0, 0.1) is 0 Å². The molecule has 1 aromatic carbocycles. The predicted molar refractivity (Wildman–Crippen MR) is 151 cm³/mol. The maximum atomic E-state index is 13.2. The van der Waals surface area contributed by atoms with Crippen molar-refractivity contribution >= 4 is 59.3 Å². The summed E-state index contributed by atoms with van der Waals surface area (Å²) in [5.74, 6) is -1.33. The first-order valence-corrected chi connectivity index (χ1v) is 12.9. The zero-order chi connectivity index (χ0) is 27.7. The van der Waals surface area contributed by atoms with Crippen molar-refractivity contribution in [3.63, 3.8) is 0 Å². The summed E-state index contributed by atoms with van der Waals surface area (Å²) < 4.78 is 43.9. The van der Waals surface area contributed by atoms with Gasteiger partial charge in [-0.3, -0.25) is 19.4 Å². The molecule has 9 nitrogen and oxygen atoms in total. The summed E-state index contributed by atoms with van der Waals surface area (Å²) in [5.41, 5.74) is 3.44. The highest BCUT2D eigenvalue weighted by molar-refractivity contribution is 6.32. The molecule has 1 amide bonds. The number of hydrogen-bond acceptors (Lipinski definition) is 6. The van der Waals surface area contributed by atoms with E-state index in [1.54, 1.807) is 6.20 Å². The lowest BCUT2D eigenvalue weighted by molar-refractivity contribution is -0.274. The Balaban J connectivity index is 0.00000231. The number of carboxylic acids is 1. The second-order valence-electron chi connectivity index (χ2n) is 9.71. The highest BCUT2D eigenvalue weighted by atomic mass is 35.5. The van der Waals surface area contributed by atoms with Gasteiger partial charge in [0.15, 0.2) is 0 Å². The molecule has 1 fully saturated rings. The Hall–Kier alpha value is -2.77. The summed E-state index contributed by atoms with van der Waals surface area (Å²) in [4.78, 5) is 34.5. The summed E-state index contributed by atoms with van der Waals surface area (Å²) >= 11 is 6.09. The molecule has 0 bridgehead atoms. The molecule has 0 spiro atoms. The number of aromatic nitrogens is 2. The largest absolute Gasteiger partial charge is 0.573 e. The van der Waals surface area contributed by atoms with E-state index < -0.39 is 18.1 Å². The second kappa shape index (κ2) is 13.5. The average Bonchev–Trinajstić information content (AvgIpc) is 3.19. The Morgan fingerprint density at radius 3 is 2.34 bits per heavy atom. The van der Waals surface area contributed by atoms with E-state index in [-0.39, 0.29) is 48.8 Å². The molecule has 2 aliphatic heterocycles. The SMILES string of the molecule is Cl.Cl.O=C(O)CN1CCN(CC(=O)N2CCc3c(n(Cc4ccc(OC(F)(F)F)c(Cl)c4)c4ncccc34)C2)CC1. The number of piperazine rings is 1. The quantitative estimate of drug-likeness (QED) is 0.418. The number of hydrogen-bond donors (Lipinski definition) is 1. The van der Waals surface area contributed by atoms with Crippen molar-refractivity contribution in [1.82, 2.24) is 24.3 Å². The van der Waals surface area contributed by atoms with Crippen molar-refractivity contribution in [3.05, 3.63) is 58.4 Å². The van der Waals surface area contributed by atoms with Gasteiger partial charge in [0.2, 0.25) is 5.91 Å². The summed E-state index contributed by atoms with van der Waals surface area (Å²) in [7, 11) is 0. The van der Waals surface area contributed by atoms with E-state index in [4.69, 9.17) is 16.7 Å². The molecule has 2 aliphatic rings. The van der Waals surface area contributed by atoms with Crippen LogP contribution in [0.15, 0.2) is 36.5 Å². The number of carboxylic acid groups (broad SMARTS) is 1. The Labute approximate surface area is 251 Å². The van der Waals surface area contributed by atoms with E-state index in [0.717, 1.165) is 22.3 Å². The Morgan fingerprint density at radius 1 is 1.02 bits per heavy atom. The topological polar surface area (TPSA) is 91.1 Å². The van der Waals surface area contributed by atoms with E-state index in [1.165, 1.54) is 18.2 Å². The lowest BCUT2D eigenvalue weighted by Crippen LogP contribution is -2.51. The van der Waals surface area contributed by atoms with E-state index >= 15 is 0 Å². The highest BCUT2D eigenvalue weighted by Gasteiger charge is 2.32. The van der Waals surface area contributed by atoms with Gasteiger partial charge in [0.1, 0.15) is 11.4 Å². The Kier molecular flexibility index (Phi) is 10.8. The van der Waals surface area contributed by atoms with Crippen molar-refractivity contribution < 1.29 is 32.6 Å². The van der Waals surface area contributed by atoms with Gasteiger partial charge in [0.05, 0.1) is 24.7 Å². The van der Waals surface area contributed by atoms with Crippen LogP contribution in [-0.2, 0) is 29.1 Å². The molecule has 3 aromatic rings. The number of carbonyl (C=O) groups is 2. The van der Waals surface area contributed by atoms with Crippen LogP contribution in [0.4, 0.5) is 13.2 Å². The minimum absolute atomic E-state index is 0. The van der Waals surface area contributed by atoms with Crippen molar-refractivity contribution in [2.75, 3.05) is 45.8 Å². The lowest BCUT2D eigenvalue weighted by atomic mass is 10.0. The molecule has 1 N–H and O–H groups in total. The lowest BCUT2D eigenvalue weighted by Gasteiger charge is -2.35. The molecule has 15 heteroatoms. The van der Waals surface area contributed by atoms with Crippen molar-refractivity contribution in [3.8, 4) is 5.75 Å². The monoisotopic (exact) mass is 637 g/mol. The Bertz CT molecular complexity index is 1400. The van der Waals surface area contributed by atoms with Gasteiger partial charge in [0, 0.05) is 56.5 Å². The number of alkyl halides is 3. The van der Waals surface area contributed by atoms with Crippen LogP contribution >= 0.6 is 36.4 Å². The molecule has 0 unspecified atom stereocenters. The van der Waals surface area contributed by atoms with Gasteiger partial charge in [-0.15, -0.1) is 38.0 Å². The number of carbonyl (C=O) groups excluding carboxylic acids is 1. The summed E-state index contributed by atoms with van der Waals surface area (Å²) in [6, 6.07) is 8.01. The van der Waals surface area contributed by atoms with Crippen LogP contribution in [0.1, 0.15) is 16.8 Å². The molecule has 1 saturated heterocycles. The highest BCUT2D eigenvalue weighted by Crippen LogP contribution is 2.33. The maximum absolute atomic E-state index is 13.2. The fourth-order valence-electron chi connectivity index (χ4n) is 5.26. The zero-order valence-corrected chi connectivity index (χ0v) is 24.2. The number of rotatable bonds is 7. The van der Waals surface area contributed by atoms with Crippen LogP contribution < -0.4 is 4.74 Å². The molecular formula is C26H29Cl3F3N5O4. The third-order valence-corrected chi connectivity index (χ3v) is 7.41. The number of benzene rings is 1. The number of halogens is 6. The van der Waals surface area contributed by atoms with Crippen LogP contribution in [0.3, 0.4) is 0 Å². The molecule has 0 saturated carbocycles. The minimum Gasteiger partial charge on any atom is -0.480 e. The summed E-state index contributed by atoms with van der Waals surface area (Å²) in [5, 5.41) is 9.82. The summed E-state index contributed by atoms with van der Waals surface area (Å²) in [6.07, 6.45) is -2.50. The van der Waals surface area contributed by atoms with Crippen LogP contribution in [-0.4, -0.2) is 93.4 Å². The molecule has 2 aromatic heterocycles.